The molecule has 0 saturated heterocycles. The van der Waals surface area contributed by atoms with Crippen LogP contribution in [0.15, 0.2) is 24.3 Å². The van der Waals surface area contributed by atoms with Gasteiger partial charge in [0.15, 0.2) is 0 Å². The molecule has 1 aromatic heterocycles. The first kappa shape index (κ1) is 11.2. The van der Waals surface area contributed by atoms with Crippen molar-refractivity contribution >= 4 is 11.3 Å². The molecule has 0 saturated carbocycles. The fraction of sp³-hybridized carbons (Fsp3) is 0.250. The predicted octanol–water partition coefficient (Wildman–Crippen LogP) is 3.31. The Labute approximate surface area is 97.4 Å². The highest BCUT2D eigenvalue weighted by Crippen LogP contribution is 2.32. The molecule has 0 aliphatic heterocycles. The molecule has 1 aromatic carbocycles. The van der Waals surface area contributed by atoms with E-state index in [4.69, 9.17) is 0 Å². The minimum atomic E-state index is -0.557. The van der Waals surface area contributed by atoms with E-state index in [1.54, 1.807) is 25.1 Å². The first-order chi connectivity index (χ1) is 7.59. The van der Waals surface area contributed by atoms with Crippen molar-refractivity contribution in [1.29, 1.82) is 0 Å². The molecule has 0 bridgehead atoms. The second kappa shape index (κ2) is 4.31. The third-order valence-corrected chi connectivity index (χ3v) is 3.68. The van der Waals surface area contributed by atoms with Gasteiger partial charge in [-0.1, -0.05) is 12.1 Å². The van der Waals surface area contributed by atoms with Gasteiger partial charge in [-0.15, -0.1) is 11.3 Å². The van der Waals surface area contributed by atoms with E-state index in [0.717, 1.165) is 10.6 Å². The molecule has 1 N–H and O–H groups in total. The molecule has 1 heterocycles. The number of nitrogens with zero attached hydrogens (tertiary/aromatic N) is 1. The highest BCUT2D eigenvalue weighted by Gasteiger charge is 2.15. The Hall–Kier alpha value is -1.26. The van der Waals surface area contributed by atoms with Gasteiger partial charge in [0.1, 0.15) is 10.8 Å². The number of hydrogen-bond donors (Lipinski definition) is 1. The SMILES string of the molecule is Cc1nc(-c2ccccc2F)sc1[C@H](C)O. The number of aliphatic hydroxyl groups excluding tert-OH is 1. The van der Waals surface area contributed by atoms with E-state index in [-0.39, 0.29) is 5.82 Å². The fourth-order valence-electron chi connectivity index (χ4n) is 1.55. The van der Waals surface area contributed by atoms with Crippen LogP contribution in [-0.4, -0.2) is 10.1 Å². The summed E-state index contributed by atoms with van der Waals surface area (Å²) in [5.41, 5.74) is 1.25. The maximum absolute atomic E-state index is 13.5. The van der Waals surface area contributed by atoms with Crippen LogP contribution in [0, 0.1) is 12.7 Å². The first-order valence-corrected chi connectivity index (χ1v) is 5.81. The van der Waals surface area contributed by atoms with Crippen LogP contribution in [0.5, 0.6) is 0 Å². The number of thiazole rings is 1. The molecular weight excluding hydrogens is 225 g/mol. The molecule has 16 heavy (non-hydrogen) atoms. The molecule has 2 aromatic rings. The van der Waals surface area contributed by atoms with Crippen LogP contribution in [0.2, 0.25) is 0 Å². The number of aryl methyl sites for hydroxylation is 1. The molecule has 0 aliphatic carbocycles. The highest BCUT2D eigenvalue weighted by atomic mass is 32.1. The van der Waals surface area contributed by atoms with Gasteiger partial charge in [0.2, 0.25) is 0 Å². The van der Waals surface area contributed by atoms with Crippen molar-refractivity contribution in [3.05, 3.63) is 40.7 Å². The van der Waals surface area contributed by atoms with Gasteiger partial charge in [0.25, 0.3) is 0 Å². The summed E-state index contributed by atoms with van der Waals surface area (Å²) >= 11 is 1.33. The maximum atomic E-state index is 13.5. The van der Waals surface area contributed by atoms with E-state index in [9.17, 15) is 9.50 Å². The average molecular weight is 237 g/mol. The zero-order valence-electron chi connectivity index (χ0n) is 9.07. The quantitative estimate of drug-likeness (QED) is 0.869. The van der Waals surface area contributed by atoms with Crippen molar-refractivity contribution in [3.8, 4) is 10.6 Å². The molecule has 0 aliphatic rings. The van der Waals surface area contributed by atoms with Crippen LogP contribution in [0.3, 0.4) is 0 Å². The van der Waals surface area contributed by atoms with E-state index in [0.29, 0.717) is 10.6 Å². The molecule has 4 heteroatoms. The topological polar surface area (TPSA) is 33.1 Å². The smallest absolute Gasteiger partial charge is 0.133 e. The van der Waals surface area contributed by atoms with E-state index >= 15 is 0 Å². The molecule has 2 rings (SSSR count). The van der Waals surface area contributed by atoms with Gasteiger partial charge in [0.05, 0.1) is 16.7 Å². The molecule has 0 unspecified atom stereocenters. The van der Waals surface area contributed by atoms with Gasteiger partial charge in [-0.3, -0.25) is 0 Å². The van der Waals surface area contributed by atoms with Crippen LogP contribution >= 0.6 is 11.3 Å². The third kappa shape index (κ3) is 1.99. The molecule has 1 atom stereocenters. The van der Waals surface area contributed by atoms with Crippen molar-refractivity contribution in [1.82, 2.24) is 4.98 Å². The summed E-state index contributed by atoms with van der Waals surface area (Å²) in [4.78, 5) is 5.07. The number of halogens is 1. The highest BCUT2D eigenvalue weighted by molar-refractivity contribution is 7.15. The first-order valence-electron chi connectivity index (χ1n) is 5.00. The van der Waals surface area contributed by atoms with Crippen molar-refractivity contribution in [2.75, 3.05) is 0 Å². The molecule has 0 amide bonds. The summed E-state index contributed by atoms with van der Waals surface area (Å²) in [6.45, 7) is 3.51. The zero-order valence-corrected chi connectivity index (χ0v) is 9.88. The number of rotatable bonds is 2. The summed E-state index contributed by atoms with van der Waals surface area (Å²) in [6, 6.07) is 6.53. The summed E-state index contributed by atoms with van der Waals surface area (Å²) < 4.78 is 13.5. The Bertz CT molecular complexity index is 507. The lowest BCUT2D eigenvalue weighted by molar-refractivity contribution is 0.202. The molecule has 84 valence electrons. The number of aromatic nitrogens is 1. The summed E-state index contributed by atoms with van der Waals surface area (Å²) in [5.74, 6) is -0.284. The second-order valence-corrected chi connectivity index (χ2v) is 4.66. The Morgan fingerprint density at radius 1 is 1.38 bits per heavy atom. The predicted molar refractivity (Wildman–Crippen MR) is 62.9 cm³/mol. The van der Waals surface area contributed by atoms with Crippen LogP contribution in [0.4, 0.5) is 4.39 Å². The number of aliphatic hydroxyl groups is 1. The lowest BCUT2D eigenvalue weighted by Crippen LogP contribution is -1.88. The van der Waals surface area contributed by atoms with E-state index in [1.807, 2.05) is 6.92 Å². The number of hydrogen-bond acceptors (Lipinski definition) is 3. The fourth-order valence-corrected chi connectivity index (χ4v) is 2.58. The third-order valence-electron chi connectivity index (χ3n) is 2.32. The monoisotopic (exact) mass is 237 g/mol. The van der Waals surface area contributed by atoms with E-state index in [2.05, 4.69) is 4.98 Å². The van der Waals surface area contributed by atoms with Gasteiger partial charge >= 0.3 is 0 Å². The molecule has 0 fully saturated rings. The lowest BCUT2D eigenvalue weighted by Gasteiger charge is -1.99. The minimum absolute atomic E-state index is 0.284. The van der Waals surface area contributed by atoms with Crippen LogP contribution in [0.1, 0.15) is 23.6 Å². The summed E-state index contributed by atoms with van der Waals surface area (Å²) in [5, 5.41) is 10.1. The molecule has 0 spiro atoms. The standard InChI is InChI=1S/C12H12FNOS/c1-7-11(8(2)15)16-12(14-7)9-5-3-4-6-10(9)13/h3-6,8,15H,1-2H3/t8-/m0/s1. The van der Waals surface area contributed by atoms with E-state index in [1.165, 1.54) is 17.4 Å². The second-order valence-electron chi connectivity index (χ2n) is 3.62. The Balaban J connectivity index is 2.50. The lowest BCUT2D eigenvalue weighted by atomic mass is 10.2. The van der Waals surface area contributed by atoms with E-state index < -0.39 is 6.10 Å². The van der Waals surface area contributed by atoms with Crippen LogP contribution in [-0.2, 0) is 0 Å². The van der Waals surface area contributed by atoms with Crippen molar-refractivity contribution in [3.63, 3.8) is 0 Å². The van der Waals surface area contributed by atoms with Crippen molar-refractivity contribution in [2.24, 2.45) is 0 Å². The van der Waals surface area contributed by atoms with Gasteiger partial charge < -0.3 is 5.11 Å². The Morgan fingerprint density at radius 3 is 2.62 bits per heavy atom. The van der Waals surface area contributed by atoms with Gasteiger partial charge in [0, 0.05) is 5.56 Å². The average Bonchev–Trinajstić information content (AvgIpc) is 2.61. The van der Waals surface area contributed by atoms with Crippen molar-refractivity contribution < 1.29 is 9.50 Å². The Kier molecular flexibility index (Phi) is 3.03. The maximum Gasteiger partial charge on any atom is 0.133 e. The van der Waals surface area contributed by atoms with Gasteiger partial charge in [-0.25, -0.2) is 9.37 Å². The van der Waals surface area contributed by atoms with Gasteiger partial charge in [-0.05, 0) is 26.0 Å². The van der Waals surface area contributed by atoms with Crippen molar-refractivity contribution in [2.45, 2.75) is 20.0 Å². The summed E-state index contributed by atoms with van der Waals surface area (Å²) in [6.07, 6.45) is -0.557. The largest absolute Gasteiger partial charge is 0.388 e. The molecular formula is C12H12FNOS. The molecule has 0 radical (unpaired) electrons. The van der Waals surface area contributed by atoms with Crippen LogP contribution in [0.25, 0.3) is 10.6 Å². The van der Waals surface area contributed by atoms with Crippen LogP contribution < -0.4 is 0 Å². The minimum Gasteiger partial charge on any atom is -0.388 e. The summed E-state index contributed by atoms with van der Waals surface area (Å²) in [7, 11) is 0. The Morgan fingerprint density at radius 2 is 2.06 bits per heavy atom. The zero-order chi connectivity index (χ0) is 11.7. The number of benzene rings is 1. The normalized spacial score (nSPS) is 12.8. The van der Waals surface area contributed by atoms with Gasteiger partial charge in [-0.2, -0.15) is 0 Å². The molecule has 2 nitrogen and oxygen atoms in total.